The molecule has 0 aromatic carbocycles. The number of hydrogen-bond acceptors (Lipinski definition) is 6. The summed E-state index contributed by atoms with van der Waals surface area (Å²) in [6, 6.07) is 0. The van der Waals surface area contributed by atoms with Crippen LogP contribution in [0.5, 0.6) is 0 Å². The molecule has 160 valence electrons. The number of thiol groups is 1. The number of fused-ring (bicyclic) bond motifs is 2. The highest BCUT2D eigenvalue weighted by molar-refractivity contribution is 9.31. The molecule has 0 radical (unpaired) electrons. The predicted molar refractivity (Wildman–Crippen MR) is 129 cm³/mol. The van der Waals surface area contributed by atoms with E-state index >= 15 is 0 Å². The van der Waals surface area contributed by atoms with Gasteiger partial charge in [0.2, 0.25) is 0 Å². The highest BCUT2D eigenvalue weighted by atomic mass is 33.7. The topological polar surface area (TPSA) is 27.7 Å². The van der Waals surface area contributed by atoms with E-state index in [2.05, 4.69) is 9.83 Å². The third kappa shape index (κ3) is 6.25. The van der Waals surface area contributed by atoms with Gasteiger partial charge in [-0.3, -0.25) is 0 Å². The van der Waals surface area contributed by atoms with Gasteiger partial charge in [0.05, 0.1) is 0 Å². The summed E-state index contributed by atoms with van der Waals surface area (Å²) in [6.45, 7) is 8.11. The Hall–Kier alpha value is 1.50. The van der Waals surface area contributed by atoms with Crippen LogP contribution in [0, 0.1) is 11.8 Å². The first-order chi connectivity index (χ1) is 13.2. The summed E-state index contributed by atoms with van der Waals surface area (Å²) in [5.41, 5.74) is 0. The molecule has 27 heavy (non-hydrogen) atoms. The van der Waals surface area contributed by atoms with Crippen LogP contribution in [-0.2, 0) is 13.3 Å². The lowest BCUT2D eigenvalue weighted by Crippen LogP contribution is -2.42. The van der Waals surface area contributed by atoms with Gasteiger partial charge in [-0.05, 0) is 105 Å². The quantitative estimate of drug-likeness (QED) is 0.187. The van der Waals surface area contributed by atoms with Crippen molar-refractivity contribution in [3.05, 3.63) is 0 Å². The van der Waals surface area contributed by atoms with Gasteiger partial charge in [-0.2, -0.15) is 9.93 Å². The van der Waals surface area contributed by atoms with E-state index in [1.54, 1.807) is 10.2 Å². The van der Waals surface area contributed by atoms with Crippen LogP contribution in [0.1, 0.15) is 78.6 Å². The molecule has 0 spiro atoms. The second kappa shape index (κ2) is 11.8. The minimum absolute atomic E-state index is 0.0388. The van der Waals surface area contributed by atoms with Crippen LogP contribution in [-0.4, -0.2) is 38.3 Å². The van der Waals surface area contributed by atoms with E-state index in [9.17, 15) is 0 Å². The molecule has 3 saturated carbocycles. The molecule has 3 fully saturated rings. The van der Waals surface area contributed by atoms with Crippen molar-refractivity contribution in [2.75, 3.05) is 19.8 Å². The zero-order chi connectivity index (χ0) is 19.1. The molecule has 4 atom stereocenters. The molecule has 0 heterocycles. The smallest absolute Gasteiger partial charge is 0.365 e. The van der Waals surface area contributed by atoms with Crippen LogP contribution in [0.4, 0.5) is 0 Å². The maximum atomic E-state index is 6.04. The first kappa shape index (κ1) is 23.2. The molecule has 3 aliphatic rings. The van der Waals surface area contributed by atoms with Crippen LogP contribution >= 0.6 is 39.8 Å². The Morgan fingerprint density at radius 1 is 0.852 bits per heavy atom. The SMILES string of the molecule is CCO[Si](OCC)(OCC)SSS[SH](C1CCCCC1)C1CC2CCC1C2. The van der Waals surface area contributed by atoms with Crippen molar-refractivity contribution in [1.29, 1.82) is 0 Å². The Balaban J connectivity index is 1.61. The van der Waals surface area contributed by atoms with Crippen LogP contribution in [0.15, 0.2) is 0 Å². The van der Waals surface area contributed by atoms with Crippen molar-refractivity contribution >= 4 is 47.8 Å². The van der Waals surface area contributed by atoms with Gasteiger partial charge in [0.25, 0.3) is 0 Å². The molecule has 8 heteroatoms. The standard InChI is InChI=1S/C19H38O3S4Si/c1-4-20-27(21-5-2,22-6-3)25-23-24-26(18-10-8-7-9-11-18)19-15-16-12-13-17(19)14-16/h16-19,26H,4-15H2,1-3H3. The largest absolute Gasteiger partial charge is 0.585 e. The average molecular weight is 471 g/mol. The molecule has 2 bridgehead atoms. The molecule has 0 aromatic heterocycles. The van der Waals surface area contributed by atoms with Gasteiger partial charge in [-0.1, -0.05) is 25.7 Å². The molecule has 4 unspecified atom stereocenters. The lowest BCUT2D eigenvalue weighted by Gasteiger charge is -2.40. The fraction of sp³-hybridized carbons (Fsp3) is 1.00. The lowest BCUT2D eigenvalue weighted by atomic mass is 10.00. The summed E-state index contributed by atoms with van der Waals surface area (Å²) in [6.07, 6.45) is 13.4. The van der Waals surface area contributed by atoms with E-state index in [1.165, 1.54) is 57.8 Å². The van der Waals surface area contributed by atoms with Gasteiger partial charge in [-0.15, -0.1) is 0 Å². The third-order valence-electron chi connectivity index (χ3n) is 6.18. The van der Waals surface area contributed by atoms with E-state index in [0.717, 1.165) is 22.3 Å². The van der Waals surface area contributed by atoms with Crippen molar-refractivity contribution in [3.8, 4) is 0 Å². The van der Waals surface area contributed by atoms with Gasteiger partial charge in [0.1, 0.15) is 0 Å². The van der Waals surface area contributed by atoms with Gasteiger partial charge >= 0.3 is 7.95 Å². The summed E-state index contributed by atoms with van der Waals surface area (Å²) in [7, 11) is 3.38. The van der Waals surface area contributed by atoms with Gasteiger partial charge in [-0.25, -0.2) is 0 Å². The molecule has 0 aromatic rings. The second-order valence-electron chi connectivity index (χ2n) is 7.92. The fourth-order valence-electron chi connectivity index (χ4n) is 5.06. The monoisotopic (exact) mass is 470 g/mol. The first-order valence-electron chi connectivity index (χ1n) is 10.9. The summed E-state index contributed by atoms with van der Waals surface area (Å²) in [4.78, 5) is 0. The van der Waals surface area contributed by atoms with E-state index in [4.69, 9.17) is 13.3 Å². The summed E-state index contributed by atoms with van der Waals surface area (Å²) < 4.78 is 18.1. The Bertz CT molecular complexity index is 422. The Labute approximate surface area is 181 Å². The van der Waals surface area contributed by atoms with Crippen molar-refractivity contribution in [1.82, 2.24) is 0 Å². The van der Waals surface area contributed by atoms with Crippen LogP contribution < -0.4 is 0 Å². The molecule has 0 aliphatic heterocycles. The molecule has 0 N–H and O–H groups in total. The zero-order valence-corrected chi connectivity index (χ0v) is 21.5. The zero-order valence-electron chi connectivity index (χ0n) is 17.2. The second-order valence-corrected chi connectivity index (χ2v) is 20.5. The average Bonchev–Trinajstić information content (AvgIpc) is 3.30. The molecule has 0 amide bonds. The lowest BCUT2D eigenvalue weighted by molar-refractivity contribution is 0.0971. The van der Waals surface area contributed by atoms with Crippen LogP contribution in [0.2, 0.25) is 0 Å². The minimum atomic E-state index is -2.60. The highest BCUT2D eigenvalue weighted by Crippen LogP contribution is 2.68. The van der Waals surface area contributed by atoms with E-state index in [-0.39, 0.29) is 9.93 Å². The van der Waals surface area contributed by atoms with Crippen LogP contribution in [0.25, 0.3) is 0 Å². The Morgan fingerprint density at radius 3 is 2.04 bits per heavy atom. The predicted octanol–water partition coefficient (Wildman–Crippen LogP) is 7.00. The van der Waals surface area contributed by atoms with Gasteiger partial charge in [0, 0.05) is 19.8 Å². The Morgan fingerprint density at radius 2 is 1.52 bits per heavy atom. The maximum absolute atomic E-state index is 6.04. The number of rotatable bonds is 12. The summed E-state index contributed by atoms with van der Waals surface area (Å²) in [5.74, 6) is 2.09. The van der Waals surface area contributed by atoms with E-state index in [0.29, 0.717) is 19.8 Å². The maximum Gasteiger partial charge on any atom is 0.585 e. The number of hydrogen-bond donors (Lipinski definition) is 1. The molecular formula is C19H38O3S4Si. The molecule has 3 nitrogen and oxygen atoms in total. The molecule has 3 rings (SSSR count). The fourth-order valence-corrected chi connectivity index (χ4v) is 26.2. The molecule has 3 aliphatic carbocycles. The summed E-state index contributed by atoms with van der Waals surface area (Å²) in [5, 5.41) is 2.00. The first-order valence-corrected chi connectivity index (χ1v) is 19.0. The van der Waals surface area contributed by atoms with Gasteiger partial charge in [0.15, 0.2) is 0 Å². The third-order valence-corrected chi connectivity index (χ3v) is 23.4. The minimum Gasteiger partial charge on any atom is -0.365 e. The molecular weight excluding hydrogens is 433 g/mol. The van der Waals surface area contributed by atoms with Crippen molar-refractivity contribution < 1.29 is 13.3 Å². The van der Waals surface area contributed by atoms with E-state index < -0.39 is 7.95 Å². The van der Waals surface area contributed by atoms with Crippen LogP contribution in [0.3, 0.4) is 0 Å². The molecule has 0 saturated heterocycles. The van der Waals surface area contributed by atoms with Gasteiger partial charge < -0.3 is 13.3 Å². The van der Waals surface area contributed by atoms with Crippen molar-refractivity contribution in [3.63, 3.8) is 0 Å². The van der Waals surface area contributed by atoms with Crippen molar-refractivity contribution in [2.24, 2.45) is 11.8 Å². The Kier molecular flexibility index (Phi) is 10.1. The van der Waals surface area contributed by atoms with Crippen molar-refractivity contribution in [2.45, 2.75) is 89.1 Å². The summed E-state index contributed by atoms with van der Waals surface area (Å²) >= 11 is 0. The highest BCUT2D eigenvalue weighted by Gasteiger charge is 2.46. The normalized spacial score (nSPS) is 30.8. The van der Waals surface area contributed by atoms with E-state index in [1.807, 2.05) is 30.6 Å².